The molecule has 1 heterocycles. The van der Waals surface area contributed by atoms with Crippen molar-refractivity contribution >= 4 is 12.2 Å². The van der Waals surface area contributed by atoms with Crippen LogP contribution >= 0.6 is 0 Å². The van der Waals surface area contributed by atoms with Crippen LogP contribution in [0.4, 0.5) is 0 Å². The standard InChI is InChI=1S/2C19H19.C2H4.2ClH.Hf/c2*1-3-5-15-8-10-16(11-9-15)18-7-4-6-17-12-14(2)13-19(17)18;1-2;;;/h2*4,6-13H,3,5H2,1-2H3;1-2H2;2*1H;/q;;;;;+2/p-2. The van der Waals surface area contributed by atoms with Gasteiger partial charge in [-0.1, -0.05) is 0 Å². The summed E-state index contributed by atoms with van der Waals surface area (Å²) in [6.07, 6.45) is 9.85. The smallest absolute Gasteiger partial charge is 1.00 e. The van der Waals surface area contributed by atoms with E-state index in [0.717, 1.165) is 12.8 Å². The number of aryl methyl sites for hydroxylation is 2. The Bertz CT molecular complexity index is 1550. The monoisotopic (exact) mass is 772 g/mol. The molecule has 3 heteroatoms. The molecule has 0 bridgehead atoms. The number of fused-ring (bicyclic) bond motifs is 2. The van der Waals surface area contributed by atoms with E-state index in [-0.39, 0.29) is 24.8 Å². The van der Waals surface area contributed by atoms with Crippen LogP contribution in [-0.2, 0) is 32.8 Å². The maximum atomic E-state index is 2.57. The van der Waals surface area contributed by atoms with Gasteiger partial charge in [-0.2, -0.15) is 0 Å². The number of allylic oxidation sites excluding steroid dienone is 2. The molecule has 2 unspecified atom stereocenters. The molecule has 4 aromatic carbocycles. The summed E-state index contributed by atoms with van der Waals surface area (Å²) in [5.41, 5.74) is 18.0. The zero-order valence-corrected chi connectivity index (χ0v) is 31.0. The van der Waals surface area contributed by atoms with Gasteiger partial charge in [0.2, 0.25) is 0 Å². The summed E-state index contributed by atoms with van der Waals surface area (Å²) in [5, 5.41) is 0. The summed E-state index contributed by atoms with van der Waals surface area (Å²) in [7, 11) is 0. The number of hydrogen-bond acceptors (Lipinski definition) is 0. The van der Waals surface area contributed by atoms with E-state index in [4.69, 9.17) is 0 Å². The SMILES string of the molecule is CCCc1ccc(-c2cccc3c2C=C(C)[CH]3[Hf+2]2([CH]3C(C)=Cc4c(-c5ccc(CCC)cc5)cccc43)[CH2][CH2]2)cc1.[Cl-].[Cl-]. The fourth-order valence-electron chi connectivity index (χ4n) is 8.30. The molecular weight excluding hydrogens is 730 g/mol. The minimum Gasteiger partial charge on any atom is -1.00 e. The minimum atomic E-state index is -2.78. The molecule has 220 valence electrons. The van der Waals surface area contributed by atoms with Gasteiger partial charge in [-0.15, -0.1) is 0 Å². The van der Waals surface area contributed by atoms with Gasteiger partial charge in [0.1, 0.15) is 0 Å². The molecule has 7 rings (SSSR count). The van der Waals surface area contributed by atoms with Crippen LogP contribution in [0.3, 0.4) is 0 Å². The molecule has 1 saturated heterocycles. The second kappa shape index (κ2) is 13.0. The summed E-state index contributed by atoms with van der Waals surface area (Å²) in [6.45, 7) is 9.41. The van der Waals surface area contributed by atoms with Gasteiger partial charge in [0.15, 0.2) is 0 Å². The third kappa shape index (κ3) is 5.60. The van der Waals surface area contributed by atoms with E-state index in [1.54, 1.807) is 22.3 Å². The number of hydrogen-bond donors (Lipinski definition) is 0. The van der Waals surface area contributed by atoms with E-state index < -0.39 is 20.0 Å². The minimum absolute atomic E-state index is 0. The molecule has 0 saturated carbocycles. The van der Waals surface area contributed by atoms with E-state index in [2.05, 4.69) is 125 Å². The Balaban J connectivity index is 0.00000184. The van der Waals surface area contributed by atoms with Crippen molar-refractivity contribution in [3.63, 3.8) is 0 Å². The molecule has 2 aliphatic carbocycles. The van der Waals surface area contributed by atoms with Crippen LogP contribution in [0.1, 0.15) is 81.3 Å². The van der Waals surface area contributed by atoms with E-state index in [1.807, 2.05) is 0 Å². The van der Waals surface area contributed by atoms with Crippen LogP contribution in [0.5, 0.6) is 0 Å². The predicted octanol–water partition coefficient (Wildman–Crippen LogP) is 5.55. The van der Waals surface area contributed by atoms with Crippen LogP contribution in [0.15, 0.2) is 96.1 Å². The van der Waals surface area contributed by atoms with Gasteiger partial charge in [0.25, 0.3) is 0 Å². The Morgan fingerprint density at radius 3 is 1.30 bits per heavy atom. The van der Waals surface area contributed by atoms with Crippen molar-refractivity contribution in [1.29, 1.82) is 0 Å². The Kier molecular flexibility index (Phi) is 9.77. The maximum Gasteiger partial charge on any atom is -1.00 e. The van der Waals surface area contributed by atoms with Crippen LogP contribution in [0.25, 0.3) is 34.4 Å². The summed E-state index contributed by atoms with van der Waals surface area (Å²) in [4.78, 5) is 0. The first-order valence-electron chi connectivity index (χ1n) is 15.8. The molecule has 2 atom stereocenters. The molecule has 0 spiro atoms. The Hall–Kier alpha value is -2.19. The summed E-state index contributed by atoms with van der Waals surface area (Å²) < 4.78 is 4.44. The predicted molar refractivity (Wildman–Crippen MR) is 174 cm³/mol. The zero-order valence-electron chi connectivity index (χ0n) is 25.9. The van der Waals surface area contributed by atoms with Crippen LogP contribution in [-0.4, -0.2) is 0 Å². The van der Waals surface area contributed by atoms with Crippen LogP contribution < -0.4 is 24.8 Å². The van der Waals surface area contributed by atoms with Crippen molar-refractivity contribution in [2.75, 3.05) is 0 Å². The van der Waals surface area contributed by atoms with Gasteiger partial charge in [0, 0.05) is 0 Å². The molecule has 1 aliphatic heterocycles. The first-order chi connectivity index (χ1) is 20.0. The van der Waals surface area contributed by atoms with E-state index in [0.29, 0.717) is 7.35 Å². The van der Waals surface area contributed by atoms with Crippen molar-refractivity contribution in [1.82, 2.24) is 0 Å². The fraction of sp³-hybridized carbons (Fsp3) is 0.300. The van der Waals surface area contributed by atoms with Gasteiger partial charge in [-0.3, -0.25) is 0 Å². The van der Waals surface area contributed by atoms with Gasteiger partial charge >= 0.3 is 253 Å². The molecule has 4 aromatic rings. The van der Waals surface area contributed by atoms with Crippen LogP contribution in [0, 0.1) is 0 Å². The molecular formula is C40H42Cl2Hf. The number of halogens is 2. The molecule has 0 radical (unpaired) electrons. The van der Waals surface area contributed by atoms with Gasteiger partial charge < -0.3 is 24.8 Å². The van der Waals surface area contributed by atoms with Crippen molar-refractivity contribution in [3.8, 4) is 22.3 Å². The second-order valence-electron chi connectivity index (χ2n) is 12.9. The normalized spacial score (nSPS) is 18.2. The average molecular weight is 772 g/mol. The Morgan fingerprint density at radius 1 is 0.558 bits per heavy atom. The largest absolute Gasteiger partial charge is 1.00 e. The number of rotatable bonds is 8. The Labute approximate surface area is 275 Å². The molecule has 0 amide bonds. The van der Waals surface area contributed by atoms with Crippen molar-refractivity contribution < 1.29 is 44.8 Å². The molecule has 3 aliphatic rings. The van der Waals surface area contributed by atoms with Gasteiger partial charge in [-0.25, -0.2) is 0 Å². The van der Waals surface area contributed by atoms with Crippen molar-refractivity contribution in [3.05, 3.63) is 129 Å². The Morgan fingerprint density at radius 2 is 0.953 bits per heavy atom. The first-order valence-corrected chi connectivity index (χ1v) is 25.1. The fourth-order valence-corrected chi connectivity index (χ4v) is 36.5. The average Bonchev–Trinajstić information content (AvgIpc) is 3.56. The first kappa shape index (κ1) is 32.2. The van der Waals surface area contributed by atoms with Gasteiger partial charge in [0.05, 0.1) is 0 Å². The quantitative estimate of drug-likeness (QED) is 0.206. The third-order valence-electron chi connectivity index (χ3n) is 10.1. The zero-order chi connectivity index (χ0) is 28.1. The van der Waals surface area contributed by atoms with Crippen molar-refractivity contribution in [2.45, 2.75) is 69.1 Å². The van der Waals surface area contributed by atoms with Gasteiger partial charge in [-0.05, 0) is 0 Å². The molecule has 0 nitrogen and oxygen atoms in total. The molecule has 0 N–H and O–H groups in total. The second-order valence-corrected chi connectivity index (χ2v) is 29.5. The van der Waals surface area contributed by atoms with E-state index in [1.165, 1.54) is 65.7 Å². The topological polar surface area (TPSA) is 0 Å². The summed E-state index contributed by atoms with van der Waals surface area (Å²) >= 11 is -2.78. The number of benzene rings is 4. The van der Waals surface area contributed by atoms with E-state index in [9.17, 15) is 0 Å². The molecule has 0 aromatic heterocycles. The molecule has 43 heavy (non-hydrogen) atoms. The maximum absolute atomic E-state index is 2.78. The molecule has 1 fully saturated rings. The van der Waals surface area contributed by atoms with Crippen LogP contribution in [0.2, 0.25) is 8.35 Å². The van der Waals surface area contributed by atoms with E-state index >= 15 is 0 Å². The summed E-state index contributed by atoms with van der Waals surface area (Å²) in [5.74, 6) is 0. The van der Waals surface area contributed by atoms with Crippen molar-refractivity contribution in [2.24, 2.45) is 0 Å². The summed E-state index contributed by atoms with van der Waals surface area (Å²) in [6, 6.07) is 33.1. The third-order valence-corrected chi connectivity index (χ3v) is 29.9.